The van der Waals surface area contributed by atoms with Gasteiger partial charge in [-0.1, -0.05) is 26.0 Å². The van der Waals surface area contributed by atoms with Crippen LogP contribution in [-0.4, -0.2) is 5.92 Å². The van der Waals surface area contributed by atoms with Crippen molar-refractivity contribution >= 4 is 0 Å². The third-order valence-corrected chi connectivity index (χ3v) is 4.67. The molecule has 1 aromatic rings. The van der Waals surface area contributed by atoms with Gasteiger partial charge in [-0.2, -0.15) is 0 Å². The topological polar surface area (TPSA) is 0 Å². The van der Waals surface area contributed by atoms with Gasteiger partial charge in [0.2, 0.25) is 5.92 Å². The Bertz CT molecular complexity index is 410. The summed E-state index contributed by atoms with van der Waals surface area (Å²) in [4.78, 5) is 0. The van der Waals surface area contributed by atoms with Gasteiger partial charge in [0.15, 0.2) is 0 Å². The number of alkyl halides is 2. The number of rotatable bonds is 3. The first-order chi connectivity index (χ1) is 8.83. The molecular weight excluding hydrogens is 249 g/mol. The summed E-state index contributed by atoms with van der Waals surface area (Å²) >= 11 is 0. The van der Waals surface area contributed by atoms with Crippen LogP contribution in [0.2, 0.25) is 0 Å². The highest BCUT2D eigenvalue weighted by molar-refractivity contribution is 5.18. The Balaban J connectivity index is 2.15. The Hall–Kier alpha value is -0.990. The molecule has 0 saturated heterocycles. The van der Waals surface area contributed by atoms with Gasteiger partial charge >= 0.3 is 0 Å². The number of benzene rings is 1. The lowest BCUT2D eigenvalue weighted by atomic mass is 9.63. The Morgan fingerprint density at radius 2 is 1.53 bits per heavy atom. The van der Waals surface area contributed by atoms with E-state index in [0.29, 0.717) is 18.8 Å². The Kier molecular flexibility index (Phi) is 3.93. The molecule has 1 aliphatic carbocycles. The maximum atomic E-state index is 13.4. The molecule has 106 valence electrons. The summed E-state index contributed by atoms with van der Waals surface area (Å²) in [5.41, 5.74) is 0.972. The van der Waals surface area contributed by atoms with Crippen molar-refractivity contribution in [1.29, 1.82) is 0 Å². The van der Waals surface area contributed by atoms with Crippen molar-refractivity contribution in [2.45, 2.75) is 51.9 Å². The van der Waals surface area contributed by atoms with E-state index in [2.05, 4.69) is 13.8 Å². The average molecular weight is 270 g/mol. The van der Waals surface area contributed by atoms with Crippen molar-refractivity contribution in [2.75, 3.05) is 0 Å². The molecule has 0 spiro atoms. The highest BCUT2D eigenvalue weighted by atomic mass is 19.3. The molecule has 1 saturated carbocycles. The molecular formula is C16H21F3. The monoisotopic (exact) mass is 270 g/mol. The molecule has 0 N–H and O–H groups in total. The van der Waals surface area contributed by atoms with Gasteiger partial charge in [0.1, 0.15) is 5.82 Å². The molecule has 1 aliphatic rings. The largest absolute Gasteiger partial charge is 0.248 e. The molecule has 19 heavy (non-hydrogen) atoms. The highest BCUT2D eigenvalue weighted by Gasteiger charge is 2.44. The zero-order valence-corrected chi connectivity index (χ0v) is 11.6. The summed E-state index contributed by atoms with van der Waals surface area (Å²) in [6.07, 6.45) is 1.82. The van der Waals surface area contributed by atoms with Crippen LogP contribution in [0.15, 0.2) is 24.3 Å². The normalized spacial score (nSPS) is 21.6. The van der Waals surface area contributed by atoms with Gasteiger partial charge in [-0.15, -0.1) is 0 Å². The predicted molar refractivity (Wildman–Crippen MR) is 70.8 cm³/mol. The van der Waals surface area contributed by atoms with Crippen LogP contribution in [0.25, 0.3) is 0 Å². The second-order valence-corrected chi connectivity index (χ2v) is 6.18. The first kappa shape index (κ1) is 14.4. The fourth-order valence-corrected chi connectivity index (χ4v) is 3.08. The lowest BCUT2D eigenvalue weighted by Crippen LogP contribution is -2.38. The molecule has 2 rings (SSSR count). The minimum Gasteiger partial charge on any atom is -0.207 e. The van der Waals surface area contributed by atoms with Crippen LogP contribution in [0.1, 0.15) is 45.1 Å². The van der Waals surface area contributed by atoms with Crippen LogP contribution in [0.5, 0.6) is 0 Å². The van der Waals surface area contributed by atoms with Crippen LogP contribution in [0, 0.1) is 17.2 Å². The third kappa shape index (κ3) is 3.31. The molecule has 3 heteroatoms. The van der Waals surface area contributed by atoms with E-state index in [1.165, 1.54) is 12.1 Å². The van der Waals surface area contributed by atoms with E-state index in [4.69, 9.17) is 0 Å². The van der Waals surface area contributed by atoms with Crippen LogP contribution in [0.4, 0.5) is 13.2 Å². The Morgan fingerprint density at radius 1 is 1.00 bits per heavy atom. The molecule has 1 fully saturated rings. The molecule has 0 bridgehead atoms. The Labute approximate surface area is 113 Å². The summed E-state index contributed by atoms with van der Waals surface area (Å²) in [6.45, 7) is 4.21. The first-order valence-corrected chi connectivity index (χ1v) is 6.95. The minimum atomic E-state index is -2.50. The lowest BCUT2D eigenvalue weighted by molar-refractivity contribution is -0.0776. The number of halogens is 3. The second kappa shape index (κ2) is 5.18. The first-order valence-electron chi connectivity index (χ1n) is 6.95. The molecule has 0 unspecified atom stereocenters. The van der Waals surface area contributed by atoms with E-state index >= 15 is 0 Å². The van der Waals surface area contributed by atoms with Gasteiger partial charge in [0.25, 0.3) is 0 Å². The van der Waals surface area contributed by atoms with Crippen LogP contribution < -0.4 is 0 Å². The highest BCUT2D eigenvalue weighted by Crippen LogP contribution is 2.49. The van der Waals surface area contributed by atoms with Crippen molar-refractivity contribution in [3.05, 3.63) is 35.6 Å². The van der Waals surface area contributed by atoms with Crippen molar-refractivity contribution < 1.29 is 13.2 Å². The summed E-state index contributed by atoms with van der Waals surface area (Å²) in [5.74, 6) is -2.40. The Morgan fingerprint density at radius 3 is 2.00 bits per heavy atom. The molecule has 0 aliphatic heterocycles. The minimum absolute atomic E-state index is 0.0215. The molecule has 0 nitrogen and oxygen atoms in total. The zero-order valence-electron chi connectivity index (χ0n) is 11.6. The van der Waals surface area contributed by atoms with Crippen molar-refractivity contribution in [3.63, 3.8) is 0 Å². The van der Waals surface area contributed by atoms with E-state index < -0.39 is 5.92 Å². The average Bonchev–Trinajstić information content (AvgIpc) is 2.35. The van der Waals surface area contributed by atoms with Gasteiger partial charge in [-0.25, -0.2) is 13.2 Å². The molecule has 0 heterocycles. The summed E-state index contributed by atoms with van der Waals surface area (Å²) in [6, 6.07) is 6.43. The molecule has 0 atom stereocenters. The van der Waals surface area contributed by atoms with Crippen molar-refractivity contribution in [2.24, 2.45) is 11.3 Å². The van der Waals surface area contributed by atoms with E-state index in [1.807, 2.05) is 0 Å². The van der Waals surface area contributed by atoms with Crippen LogP contribution in [0.3, 0.4) is 0 Å². The standard InChI is InChI=1S/C16H21F3/c1-12(2)15(7-9-16(18,19)10-8-15)11-13-3-5-14(17)6-4-13/h3-6,12H,7-11H2,1-2H3. The molecule has 1 aromatic carbocycles. The van der Waals surface area contributed by atoms with E-state index in [1.54, 1.807) is 12.1 Å². The third-order valence-electron chi connectivity index (χ3n) is 4.67. The van der Waals surface area contributed by atoms with Gasteiger partial charge in [-0.3, -0.25) is 0 Å². The summed E-state index contributed by atoms with van der Waals surface area (Å²) in [7, 11) is 0. The van der Waals surface area contributed by atoms with E-state index in [9.17, 15) is 13.2 Å². The van der Waals surface area contributed by atoms with Gasteiger partial charge < -0.3 is 0 Å². The molecule has 0 aromatic heterocycles. The van der Waals surface area contributed by atoms with Crippen LogP contribution >= 0.6 is 0 Å². The van der Waals surface area contributed by atoms with Gasteiger partial charge in [0, 0.05) is 12.8 Å². The fourth-order valence-electron chi connectivity index (χ4n) is 3.08. The number of hydrogen-bond acceptors (Lipinski definition) is 0. The maximum Gasteiger partial charge on any atom is 0.248 e. The number of hydrogen-bond donors (Lipinski definition) is 0. The van der Waals surface area contributed by atoms with Gasteiger partial charge in [-0.05, 0) is 48.3 Å². The SMILES string of the molecule is CC(C)C1(Cc2ccc(F)cc2)CCC(F)(F)CC1. The molecule has 0 radical (unpaired) electrons. The summed E-state index contributed by atoms with van der Waals surface area (Å²) < 4.78 is 39.6. The van der Waals surface area contributed by atoms with E-state index in [0.717, 1.165) is 12.0 Å². The predicted octanol–water partition coefficient (Wildman–Crippen LogP) is 5.22. The molecule has 0 amide bonds. The quantitative estimate of drug-likeness (QED) is 0.706. The van der Waals surface area contributed by atoms with Crippen molar-refractivity contribution in [1.82, 2.24) is 0 Å². The second-order valence-electron chi connectivity index (χ2n) is 6.18. The maximum absolute atomic E-state index is 13.4. The lowest BCUT2D eigenvalue weighted by Gasteiger charge is -2.43. The zero-order chi connectivity index (χ0) is 14.1. The van der Waals surface area contributed by atoms with E-state index in [-0.39, 0.29) is 24.1 Å². The van der Waals surface area contributed by atoms with Gasteiger partial charge in [0.05, 0.1) is 0 Å². The van der Waals surface area contributed by atoms with Crippen LogP contribution in [-0.2, 0) is 6.42 Å². The van der Waals surface area contributed by atoms with Crippen molar-refractivity contribution in [3.8, 4) is 0 Å². The smallest absolute Gasteiger partial charge is 0.207 e. The fraction of sp³-hybridized carbons (Fsp3) is 0.625. The summed E-state index contributed by atoms with van der Waals surface area (Å²) in [5, 5.41) is 0.